The molecule has 3 heterocycles. The van der Waals surface area contributed by atoms with Crippen LogP contribution in [0.5, 0.6) is 0 Å². The molecule has 0 N–H and O–H groups in total. The second-order valence-electron chi connectivity index (χ2n) is 39.3. The third kappa shape index (κ3) is 20.6. The van der Waals surface area contributed by atoms with Gasteiger partial charge in [-0.2, -0.15) is 0 Å². The lowest BCUT2D eigenvalue weighted by Gasteiger charge is -2.29. The van der Waals surface area contributed by atoms with Gasteiger partial charge in [0.1, 0.15) is 16.6 Å². The lowest BCUT2D eigenvalue weighted by Crippen LogP contribution is -2.14. The summed E-state index contributed by atoms with van der Waals surface area (Å²) in [5, 5.41) is 2.48. The smallest absolute Gasteiger partial charge is 0.227 e. The topological polar surface area (TPSA) is 97.5 Å². The maximum absolute atomic E-state index is 6.09. The van der Waals surface area contributed by atoms with Crippen LogP contribution in [0.1, 0.15) is 79.0 Å². The van der Waals surface area contributed by atoms with Crippen LogP contribution in [0.4, 0.5) is 102 Å². The summed E-state index contributed by atoms with van der Waals surface area (Å²) in [6.45, 7) is 20.3. The van der Waals surface area contributed by atoms with E-state index < -0.39 is 0 Å². The van der Waals surface area contributed by atoms with Crippen LogP contribution in [0.15, 0.2) is 523 Å². The van der Waals surface area contributed by atoms with Crippen molar-refractivity contribution >= 4 is 146 Å². The molecule has 0 saturated carbocycles. The Bertz CT molecular complexity index is 8080. The number of anilines is 18. The summed E-state index contributed by atoms with van der Waals surface area (Å²) in [6, 6.07) is 178. The van der Waals surface area contributed by atoms with Crippen molar-refractivity contribution in [1.29, 1.82) is 0 Å². The highest BCUT2D eigenvalue weighted by Crippen LogP contribution is 2.47. The van der Waals surface area contributed by atoms with E-state index in [0.717, 1.165) is 152 Å². The first-order valence-electron chi connectivity index (χ1n) is 49.4. The normalized spacial score (nSPS) is 11.5. The van der Waals surface area contributed by atoms with Crippen molar-refractivity contribution in [3.63, 3.8) is 0 Å². The highest BCUT2D eigenvalue weighted by Gasteiger charge is 2.26. The lowest BCUT2D eigenvalue weighted by molar-refractivity contribution is 0.590. The summed E-state index contributed by atoms with van der Waals surface area (Å²) in [5.41, 5.74) is 33.8. The van der Waals surface area contributed by atoms with Crippen molar-refractivity contribution < 1.29 is 13.3 Å². The van der Waals surface area contributed by atoms with Crippen molar-refractivity contribution in [3.8, 4) is 45.5 Å². The molecule has 12 nitrogen and oxygen atoms in total. The van der Waals surface area contributed by atoms with Crippen molar-refractivity contribution in [1.82, 2.24) is 15.0 Å². The molecule has 0 amide bonds. The number of rotatable bonds is 22. The summed E-state index contributed by atoms with van der Waals surface area (Å²) in [7, 11) is 0. The first kappa shape index (κ1) is 93.2. The van der Waals surface area contributed by atoms with Crippen LogP contribution in [0.2, 0.25) is 0 Å². The summed E-state index contributed by atoms with van der Waals surface area (Å²) >= 11 is 0. The molecule has 706 valence electrons. The number of nitrogens with zero attached hydrogens (tertiary/aromatic N) is 9. The van der Waals surface area contributed by atoms with Gasteiger partial charge in [-0.3, -0.25) is 0 Å². The molecule has 23 aromatic rings. The molecule has 0 atom stereocenters. The molecule has 0 bridgehead atoms. The van der Waals surface area contributed by atoms with Crippen LogP contribution in [0.25, 0.3) is 89.6 Å². The van der Waals surface area contributed by atoms with Gasteiger partial charge in [0.15, 0.2) is 16.7 Å². The zero-order chi connectivity index (χ0) is 99.0. The molecule has 145 heavy (non-hydrogen) atoms. The molecule has 23 rings (SSSR count). The predicted octanol–water partition coefficient (Wildman–Crippen LogP) is 38.0. The van der Waals surface area contributed by atoms with Gasteiger partial charge >= 0.3 is 0 Å². The summed E-state index contributed by atoms with van der Waals surface area (Å²) < 4.78 is 18.2. The van der Waals surface area contributed by atoms with Crippen molar-refractivity contribution in [2.24, 2.45) is 0 Å². The molecule has 0 aliphatic heterocycles. The summed E-state index contributed by atoms with van der Waals surface area (Å²) in [4.78, 5) is 27.9. The third-order valence-corrected chi connectivity index (χ3v) is 26.4. The number of fused-ring (bicyclic) bond motifs is 4. The molecule has 0 saturated heterocycles. The van der Waals surface area contributed by atoms with E-state index in [-0.39, 0.29) is 16.2 Å². The molecule has 0 aliphatic carbocycles. The van der Waals surface area contributed by atoms with Crippen LogP contribution >= 0.6 is 0 Å². The Kier molecular flexibility index (Phi) is 26.3. The molecule has 0 radical (unpaired) electrons. The minimum atomic E-state index is 0.0844. The zero-order valence-corrected chi connectivity index (χ0v) is 82.7. The largest absolute Gasteiger partial charge is 0.436 e. The maximum Gasteiger partial charge on any atom is 0.227 e. The first-order valence-corrected chi connectivity index (χ1v) is 49.4. The standard InChI is InChI=1S/C47H33N3O.C45H43N3O.C41H35N3O/c1-3-14-37(15-4-1)49(38-16-5-2-6-17-38)41-30-32-42(33-31-41)50(40-28-24-36(25-29-40)47-48-45-20-9-10-21-46(45)51-47)39-26-22-35(23-27-39)44-19-11-13-34-12-7-8-18-43(34)44;1-44(2,3)33-18-24-37(25-19-33)48(38-26-20-34(21-27-38)45(4,5)6)40-30-28-39(29-31-40)47(35-12-8-7-9-13-35)36-22-16-32(17-23-36)43-46-41-14-10-11-15-42(41)49-43;1-41(2,3)31-20-24-35(25-21-31)44(33-14-8-5-9-15-33)37-28-26-36(27-29-37)43(32-12-6-4-7-13-32)34-22-18-30(19-23-34)40-42-38-16-10-11-17-39(38)45-40/h1-33H;7-31H,1-6H3;4-29H,1-3H3. The number of hydrogen-bond acceptors (Lipinski definition) is 12. The van der Waals surface area contributed by atoms with E-state index in [0.29, 0.717) is 17.7 Å². The molecular weight excluding hydrogens is 1770 g/mol. The Balaban J connectivity index is 0.000000128. The second kappa shape index (κ2) is 41.0. The summed E-state index contributed by atoms with van der Waals surface area (Å²) in [6.07, 6.45) is 0. The first-order chi connectivity index (χ1) is 70.8. The SMILES string of the molecule is CC(C)(C)c1ccc(N(c2ccc(N(c3ccccc3)c3ccc(-c4nc5ccccc5o4)cc3)cc2)c2ccc(C(C)(C)C)cc2)cc1.CC(C)(C)c1ccc(N(c2ccccc2)c2ccc(N(c3ccccc3)c3ccc(-c4nc5ccccc5o4)cc3)cc2)cc1.c1ccc(N(c2ccccc2)c2ccc(N(c3ccc(-c4nc5ccccc5o4)cc3)c3ccc(-c4cccc5ccccc45)cc3)cc2)cc1. The van der Waals surface area contributed by atoms with E-state index in [1.807, 2.05) is 78.9 Å². The van der Waals surface area contributed by atoms with Gasteiger partial charge in [-0.05, 0) is 346 Å². The van der Waals surface area contributed by atoms with E-state index in [4.69, 9.17) is 23.2 Å². The highest BCUT2D eigenvalue weighted by molar-refractivity contribution is 5.98. The molecule has 0 aliphatic rings. The van der Waals surface area contributed by atoms with Gasteiger partial charge in [-0.25, -0.2) is 15.0 Å². The van der Waals surface area contributed by atoms with Crippen molar-refractivity contribution in [2.45, 2.75) is 78.6 Å². The quantitative estimate of drug-likeness (QED) is 0.0646. The van der Waals surface area contributed by atoms with E-state index in [9.17, 15) is 0 Å². The van der Waals surface area contributed by atoms with Crippen LogP contribution in [0.3, 0.4) is 0 Å². The Labute approximate surface area is 848 Å². The van der Waals surface area contributed by atoms with Gasteiger partial charge in [0.2, 0.25) is 17.7 Å². The third-order valence-electron chi connectivity index (χ3n) is 26.4. The number of para-hydroxylation sites is 11. The number of hydrogen-bond donors (Lipinski definition) is 0. The number of oxazole rings is 3. The van der Waals surface area contributed by atoms with Gasteiger partial charge < -0.3 is 42.7 Å². The molecule has 12 heteroatoms. The Morgan fingerprint density at radius 1 is 0.159 bits per heavy atom. The number of benzene rings is 20. The zero-order valence-electron chi connectivity index (χ0n) is 82.7. The highest BCUT2D eigenvalue weighted by atomic mass is 16.4. The van der Waals surface area contributed by atoms with E-state index in [2.05, 4.69) is 527 Å². The minimum Gasteiger partial charge on any atom is -0.436 e. The van der Waals surface area contributed by atoms with Gasteiger partial charge in [-0.15, -0.1) is 0 Å². The van der Waals surface area contributed by atoms with E-state index >= 15 is 0 Å². The second-order valence-corrected chi connectivity index (χ2v) is 39.3. The fourth-order valence-corrected chi connectivity index (χ4v) is 18.7. The van der Waals surface area contributed by atoms with Crippen LogP contribution in [-0.2, 0) is 16.2 Å². The molecule has 3 aromatic heterocycles. The van der Waals surface area contributed by atoms with Crippen LogP contribution in [0, 0.1) is 0 Å². The van der Waals surface area contributed by atoms with E-state index in [1.165, 1.54) is 38.6 Å². The average Bonchev–Trinajstić information content (AvgIpc) is 1.77. The Morgan fingerprint density at radius 2 is 0.338 bits per heavy atom. The van der Waals surface area contributed by atoms with Crippen LogP contribution in [-0.4, -0.2) is 15.0 Å². The monoisotopic (exact) mass is 1880 g/mol. The Morgan fingerprint density at radius 3 is 0.566 bits per heavy atom. The molecule has 0 spiro atoms. The van der Waals surface area contributed by atoms with Crippen LogP contribution < -0.4 is 29.4 Å². The van der Waals surface area contributed by atoms with Crippen molar-refractivity contribution in [2.75, 3.05) is 29.4 Å². The number of aromatic nitrogens is 3. The molecule has 0 unspecified atom stereocenters. The fraction of sp³-hybridized carbons (Fsp3) is 0.0902. The lowest BCUT2D eigenvalue weighted by atomic mass is 9.86. The van der Waals surface area contributed by atoms with Gasteiger partial charge in [0.25, 0.3) is 0 Å². The molecule has 20 aromatic carbocycles. The predicted molar refractivity (Wildman–Crippen MR) is 605 cm³/mol. The van der Waals surface area contributed by atoms with Crippen molar-refractivity contribution in [3.05, 3.63) is 526 Å². The fourth-order valence-electron chi connectivity index (χ4n) is 18.7. The summed E-state index contributed by atoms with van der Waals surface area (Å²) in [5.74, 6) is 1.85. The average molecular weight is 1880 g/mol. The van der Waals surface area contributed by atoms with Gasteiger partial charge in [0.05, 0.1) is 0 Å². The van der Waals surface area contributed by atoms with Gasteiger partial charge in [-0.1, -0.05) is 281 Å². The van der Waals surface area contributed by atoms with Gasteiger partial charge in [0, 0.05) is 119 Å². The van der Waals surface area contributed by atoms with E-state index in [1.54, 1.807) is 0 Å². The molecular formula is C133H111N9O3. The maximum atomic E-state index is 6.09. The minimum absolute atomic E-state index is 0.0844. The molecule has 0 fully saturated rings. The Hall–Kier alpha value is -18.1.